The number of aromatic nitrogens is 4. The van der Waals surface area contributed by atoms with E-state index < -0.39 is 17.9 Å². The van der Waals surface area contributed by atoms with Gasteiger partial charge in [-0.25, -0.2) is 13.9 Å². The smallest absolute Gasteiger partial charge is 0.381 e. The summed E-state index contributed by atoms with van der Waals surface area (Å²) in [6.45, 7) is 4.87. The first-order valence-electron chi connectivity index (χ1n) is 13.1. The van der Waals surface area contributed by atoms with Crippen LogP contribution < -0.4 is 5.32 Å². The summed E-state index contributed by atoms with van der Waals surface area (Å²) in [5.74, 6) is 5.89. The molecule has 1 N–H and O–H groups in total. The molecule has 1 aliphatic rings. The van der Waals surface area contributed by atoms with E-state index in [-0.39, 0.29) is 29.5 Å². The lowest BCUT2D eigenvalue weighted by Crippen LogP contribution is -2.44. The first kappa shape index (κ1) is 28.8. The molecule has 4 heterocycles. The third-order valence-corrected chi connectivity index (χ3v) is 7.11. The number of nitrogens with zero attached hydrogens (tertiary/aromatic N) is 6. The number of fused-ring (bicyclic) bond motifs is 1. The van der Waals surface area contributed by atoms with E-state index in [0.29, 0.717) is 28.2 Å². The van der Waals surface area contributed by atoms with Crippen LogP contribution in [0.25, 0.3) is 5.65 Å². The monoisotopic (exact) mass is 585 g/mol. The van der Waals surface area contributed by atoms with E-state index in [9.17, 15) is 17.6 Å². The second kappa shape index (κ2) is 12.0. The van der Waals surface area contributed by atoms with E-state index in [2.05, 4.69) is 37.1 Å². The Kier molecular flexibility index (Phi) is 8.45. The minimum absolute atomic E-state index is 0.161. The number of likely N-dealkylation sites (N-methyl/N-ethyl adjacent to an activating group) is 1. The summed E-state index contributed by atoms with van der Waals surface area (Å²) in [7, 11) is 2.01. The number of imidazole rings is 1. The summed E-state index contributed by atoms with van der Waals surface area (Å²) < 4.78 is 57.7. The Hall–Kier alpha value is -3.72. The number of pyridine rings is 1. The largest absolute Gasteiger partial charge is 0.416 e. The van der Waals surface area contributed by atoms with Crippen molar-refractivity contribution in [3.05, 3.63) is 87.6 Å². The first-order valence-corrected chi connectivity index (χ1v) is 13.4. The lowest BCUT2D eigenvalue weighted by Gasteiger charge is -2.33. The summed E-state index contributed by atoms with van der Waals surface area (Å²) in [5.41, 5.74) is 2.08. The normalized spacial score (nSPS) is 15.5. The van der Waals surface area contributed by atoms with Gasteiger partial charge < -0.3 is 10.2 Å². The van der Waals surface area contributed by atoms with Gasteiger partial charge in [0, 0.05) is 56.7 Å². The van der Waals surface area contributed by atoms with Crippen molar-refractivity contribution in [1.82, 2.24) is 29.4 Å². The molecule has 3 aromatic heterocycles. The van der Waals surface area contributed by atoms with Gasteiger partial charge in [-0.2, -0.15) is 18.3 Å². The predicted octanol–water partition coefficient (Wildman–Crippen LogP) is 5.59. The quantitative estimate of drug-likeness (QED) is 0.235. The van der Waals surface area contributed by atoms with E-state index in [1.165, 1.54) is 29.9 Å². The lowest BCUT2D eigenvalue weighted by molar-refractivity contribution is -0.138. The fraction of sp³-hybridized carbons (Fsp3) is 0.345. The topological polar surface area (TPSA) is 61.6 Å². The fourth-order valence-corrected chi connectivity index (χ4v) is 4.78. The van der Waals surface area contributed by atoms with E-state index in [0.717, 1.165) is 32.2 Å². The second-order valence-corrected chi connectivity index (χ2v) is 10.4. The van der Waals surface area contributed by atoms with Gasteiger partial charge in [0.05, 0.1) is 17.5 Å². The number of halogens is 5. The molecule has 4 aromatic rings. The molecule has 1 aromatic carbocycles. The van der Waals surface area contributed by atoms with Crippen molar-refractivity contribution >= 4 is 22.9 Å². The Morgan fingerprint density at radius 2 is 1.80 bits per heavy atom. The number of hydrogen-bond acceptors (Lipinski definition) is 6. The average Bonchev–Trinajstić information content (AvgIpc) is 3.33. The Balaban J connectivity index is 1.35. The Morgan fingerprint density at radius 3 is 2.54 bits per heavy atom. The van der Waals surface area contributed by atoms with Crippen LogP contribution in [0, 0.1) is 11.8 Å². The fourth-order valence-electron chi connectivity index (χ4n) is 4.64. The number of nitrogens with one attached hydrogen (secondary N) is 1. The summed E-state index contributed by atoms with van der Waals surface area (Å²) in [5, 5.41) is 7.50. The molecule has 0 spiro atoms. The van der Waals surface area contributed by atoms with Crippen LogP contribution >= 0.6 is 11.6 Å². The van der Waals surface area contributed by atoms with Crippen molar-refractivity contribution in [2.45, 2.75) is 32.4 Å². The third-order valence-electron chi connectivity index (χ3n) is 6.91. The summed E-state index contributed by atoms with van der Waals surface area (Å²) in [6, 6.07) is 9.31. The zero-order valence-corrected chi connectivity index (χ0v) is 23.3. The molecule has 214 valence electrons. The Bertz CT molecular complexity index is 1600. The second-order valence-electron chi connectivity index (χ2n) is 10.0. The van der Waals surface area contributed by atoms with Crippen molar-refractivity contribution < 1.29 is 17.6 Å². The summed E-state index contributed by atoms with van der Waals surface area (Å²) in [6.07, 6.45) is -2.83. The molecule has 1 atom stereocenters. The van der Waals surface area contributed by atoms with Crippen LogP contribution in [0.4, 0.5) is 23.2 Å². The first-order chi connectivity index (χ1) is 19.6. The number of rotatable bonds is 6. The lowest BCUT2D eigenvalue weighted by atomic mass is 10.0. The van der Waals surface area contributed by atoms with Crippen LogP contribution in [0.1, 0.15) is 46.7 Å². The molecule has 1 unspecified atom stereocenters. The summed E-state index contributed by atoms with van der Waals surface area (Å²) in [4.78, 5) is 12.7. The molecule has 0 amide bonds. The van der Waals surface area contributed by atoms with Crippen LogP contribution in [0.15, 0.2) is 48.8 Å². The van der Waals surface area contributed by atoms with Gasteiger partial charge in [-0.1, -0.05) is 23.6 Å². The molecule has 0 bridgehead atoms. The van der Waals surface area contributed by atoms with Crippen molar-refractivity contribution in [2.24, 2.45) is 0 Å². The maximum absolute atomic E-state index is 14.3. The van der Waals surface area contributed by atoms with Crippen molar-refractivity contribution in [3.63, 3.8) is 0 Å². The highest BCUT2D eigenvalue weighted by atomic mass is 35.5. The molecule has 1 fully saturated rings. The molecule has 0 aliphatic carbocycles. The average molecular weight is 586 g/mol. The maximum Gasteiger partial charge on any atom is 0.416 e. The minimum Gasteiger partial charge on any atom is -0.381 e. The SMILES string of the molecule is CC(F)c1ncc(CNc2ccc(CN3CCN(C)CC3)c(C(F)(F)F)c2)cc1C#Cc1cnc2ccc(Cl)nn12. The van der Waals surface area contributed by atoms with E-state index in [1.54, 1.807) is 24.3 Å². The third kappa shape index (κ3) is 6.96. The van der Waals surface area contributed by atoms with Crippen molar-refractivity contribution in [3.8, 4) is 11.8 Å². The number of piperazine rings is 1. The van der Waals surface area contributed by atoms with Gasteiger partial charge in [-0.05, 0) is 61.4 Å². The molecule has 12 heteroatoms. The molecular weight excluding hydrogens is 558 g/mol. The number of anilines is 1. The number of alkyl halides is 4. The molecule has 1 saturated heterocycles. The van der Waals surface area contributed by atoms with Gasteiger partial charge in [-0.3, -0.25) is 9.88 Å². The molecule has 7 nitrogen and oxygen atoms in total. The highest BCUT2D eigenvalue weighted by Gasteiger charge is 2.34. The minimum atomic E-state index is -4.49. The zero-order valence-electron chi connectivity index (χ0n) is 22.5. The molecule has 5 rings (SSSR count). The molecule has 41 heavy (non-hydrogen) atoms. The molecular formula is C29H28ClF4N7. The van der Waals surface area contributed by atoms with Crippen LogP contribution in [0.2, 0.25) is 5.15 Å². The van der Waals surface area contributed by atoms with Crippen LogP contribution in [-0.4, -0.2) is 62.6 Å². The van der Waals surface area contributed by atoms with Gasteiger partial charge in [0.2, 0.25) is 0 Å². The van der Waals surface area contributed by atoms with Gasteiger partial charge in [0.1, 0.15) is 17.0 Å². The van der Waals surface area contributed by atoms with Crippen LogP contribution in [0.5, 0.6) is 0 Å². The predicted molar refractivity (Wildman–Crippen MR) is 149 cm³/mol. The maximum atomic E-state index is 14.3. The summed E-state index contributed by atoms with van der Waals surface area (Å²) >= 11 is 5.99. The van der Waals surface area contributed by atoms with Crippen LogP contribution in [0.3, 0.4) is 0 Å². The molecule has 0 saturated carbocycles. The number of benzene rings is 1. The van der Waals surface area contributed by atoms with Crippen molar-refractivity contribution in [2.75, 3.05) is 38.5 Å². The Labute approximate surface area is 240 Å². The Morgan fingerprint density at radius 1 is 1.02 bits per heavy atom. The zero-order chi connectivity index (χ0) is 29.1. The van der Waals surface area contributed by atoms with E-state index >= 15 is 0 Å². The van der Waals surface area contributed by atoms with Crippen LogP contribution in [-0.2, 0) is 19.3 Å². The van der Waals surface area contributed by atoms with Gasteiger partial charge in [0.25, 0.3) is 0 Å². The van der Waals surface area contributed by atoms with Gasteiger partial charge >= 0.3 is 6.18 Å². The highest BCUT2D eigenvalue weighted by Crippen LogP contribution is 2.35. The van der Waals surface area contributed by atoms with Crippen molar-refractivity contribution in [1.29, 1.82) is 0 Å². The van der Waals surface area contributed by atoms with Gasteiger partial charge in [0.15, 0.2) is 5.65 Å². The van der Waals surface area contributed by atoms with E-state index in [4.69, 9.17) is 11.6 Å². The molecule has 1 aliphatic heterocycles. The number of hydrogen-bond donors (Lipinski definition) is 1. The highest BCUT2D eigenvalue weighted by molar-refractivity contribution is 6.29. The van der Waals surface area contributed by atoms with Gasteiger partial charge in [-0.15, -0.1) is 0 Å². The van der Waals surface area contributed by atoms with E-state index in [1.807, 2.05) is 11.9 Å². The molecule has 0 radical (unpaired) electrons. The standard InChI is InChI=1S/C29H28ClF4N7/c1-19(31)28-21(4-6-24-17-36-27-8-7-26(30)38-41(24)27)13-20(16-37-28)15-35-23-5-3-22(25(14-23)29(32,33)34)18-40-11-9-39(2)10-12-40/h3,5,7-8,13-14,16-17,19,35H,9-12,15,18H2,1-2H3.